The molecule has 3 heterocycles. The summed E-state index contributed by atoms with van der Waals surface area (Å²) in [5.41, 5.74) is 0.378. The third kappa shape index (κ3) is 1.17. The van der Waals surface area contributed by atoms with Crippen LogP contribution in [-0.4, -0.2) is 10.9 Å². The predicted octanol–water partition coefficient (Wildman–Crippen LogP) is 1.52. The average Bonchev–Trinajstić information content (AvgIpc) is 2.73. The highest BCUT2D eigenvalue weighted by molar-refractivity contribution is 6.10. The Morgan fingerprint density at radius 2 is 1.95 bits per heavy atom. The highest BCUT2D eigenvalue weighted by Crippen LogP contribution is 2.46. The van der Waals surface area contributed by atoms with Gasteiger partial charge in [0.05, 0.1) is 11.8 Å². The summed E-state index contributed by atoms with van der Waals surface area (Å²) in [5.74, 6) is 0.166. The Balaban J connectivity index is 2.13. The van der Waals surface area contributed by atoms with Crippen molar-refractivity contribution in [3.8, 4) is 5.75 Å². The van der Waals surface area contributed by atoms with Crippen molar-refractivity contribution in [3.05, 3.63) is 70.3 Å². The van der Waals surface area contributed by atoms with E-state index < -0.39 is 5.41 Å². The number of hydrogen-bond acceptors (Lipinski definition) is 3. The number of rotatable bonds is 0. The van der Waals surface area contributed by atoms with E-state index in [-0.39, 0.29) is 11.5 Å². The fourth-order valence-corrected chi connectivity index (χ4v) is 2.92. The van der Waals surface area contributed by atoms with Gasteiger partial charge in [0.2, 0.25) is 5.91 Å². The molecule has 0 saturated carbocycles. The minimum Gasteiger partial charge on any atom is -0.465 e. The number of benzene rings is 1. The molecule has 1 spiro atoms. The van der Waals surface area contributed by atoms with Crippen LogP contribution in [0.15, 0.2) is 53.7 Å². The molecule has 98 valence electrons. The van der Waals surface area contributed by atoms with E-state index >= 15 is 0 Å². The molecule has 0 bridgehead atoms. The molecule has 1 aromatic heterocycles. The van der Waals surface area contributed by atoms with Crippen LogP contribution in [0.4, 0.5) is 5.69 Å². The van der Waals surface area contributed by atoms with E-state index in [1.54, 1.807) is 12.1 Å². The molecule has 0 saturated heterocycles. The largest absolute Gasteiger partial charge is 0.465 e. The van der Waals surface area contributed by atoms with Gasteiger partial charge in [0, 0.05) is 11.9 Å². The number of pyridine rings is 1. The first kappa shape index (κ1) is 11.0. The molecule has 2 aliphatic heterocycles. The molecule has 2 N–H and O–H groups in total. The van der Waals surface area contributed by atoms with Gasteiger partial charge < -0.3 is 15.0 Å². The molecule has 0 radical (unpaired) electrons. The van der Waals surface area contributed by atoms with E-state index in [9.17, 15) is 9.59 Å². The van der Waals surface area contributed by atoms with Crippen LogP contribution in [0, 0.1) is 0 Å². The number of hydrogen-bond donors (Lipinski definition) is 2. The molecule has 5 heteroatoms. The molecule has 0 aliphatic carbocycles. The highest BCUT2D eigenvalue weighted by atomic mass is 16.5. The van der Waals surface area contributed by atoms with E-state index in [2.05, 4.69) is 10.3 Å². The fraction of sp³-hybridized carbons (Fsp3) is 0.0667. The first-order valence-corrected chi connectivity index (χ1v) is 6.21. The number of carbonyl (C=O) groups is 1. The summed E-state index contributed by atoms with van der Waals surface area (Å²) in [6.07, 6.45) is 4.60. The van der Waals surface area contributed by atoms with Crippen LogP contribution in [0.2, 0.25) is 0 Å². The second-order valence-electron chi connectivity index (χ2n) is 4.77. The summed E-state index contributed by atoms with van der Waals surface area (Å²) in [5, 5.41) is 2.83. The second-order valence-corrected chi connectivity index (χ2v) is 4.77. The van der Waals surface area contributed by atoms with Crippen LogP contribution in [0.1, 0.15) is 11.1 Å². The van der Waals surface area contributed by atoms with Gasteiger partial charge in [-0.1, -0.05) is 18.2 Å². The first-order valence-electron chi connectivity index (χ1n) is 6.21. The molecule has 5 nitrogen and oxygen atoms in total. The van der Waals surface area contributed by atoms with Gasteiger partial charge in [-0.05, 0) is 23.8 Å². The number of fused-ring (bicyclic) bond motifs is 4. The van der Waals surface area contributed by atoms with Crippen molar-refractivity contribution in [1.82, 2.24) is 4.98 Å². The van der Waals surface area contributed by atoms with Crippen LogP contribution >= 0.6 is 0 Å². The fourth-order valence-electron chi connectivity index (χ4n) is 2.92. The lowest BCUT2D eigenvalue weighted by Gasteiger charge is -2.27. The number of aromatic nitrogens is 1. The van der Waals surface area contributed by atoms with Crippen molar-refractivity contribution < 1.29 is 9.53 Å². The lowest BCUT2D eigenvalue weighted by Crippen LogP contribution is -2.40. The Bertz CT molecular complexity index is 822. The van der Waals surface area contributed by atoms with Crippen molar-refractivity contribution in [3.63, 3.8) is 0 Å². The van der Waals surface area contributed by atoms with Crippen LogP contribution < -0.4 is 15.6 Å². The number of carbonyl (C=O) groups excluding carboxylic acids is 1. The van der Waals surface area contributed by atoms with E-state index in [1.807, 2.05) is 24.3 Å². The van der Waals surface area contributed by atoms with Crippen molar-refractivity contribution in [2.45, 2.75) is 5.41 Å². The van der Waals surface area contributed by atoms with Crippen molar-refractivity contribution >= 4 is 11.6 Å². The molecule has 0 fully saturated rings. The lowest BCUT2D eigenvalue weighted by molar-refractivity contribution is -0.118. The van der Waals surface area contributed by atoms with Crippen molar-refractivity contribution in [2.75, 3.05) is 5.32 Å². The van der Waals surface area contributed by atoms with Gasteiger partial charge >= 0.3 is 0 Å². The Morgan fingerprint density at radius 1 is 1.10 bits per heavy atom. The standard InChI is InChI=1S/C15H10N2O3/c18-13-12-11(5-7-16-13)20-8-6-15(12)9-3-1-2-4-10(9)17-14(15)19/h1-8H,(H,16,18)(H,17,19). The van der Waals surface area contributed by atoms with Gasteiger partial charge in [-0.3, -0.25) is 9.59 Å². The topological polar surface area (TPSA) is 71.2 Å². The summed E-state index contributed by atoms with van der Waals surface area (Å²) in [4.78, 5) is 27.4. The first-order chi connectivity index (χ1) is 9.73. The van der Waals surface area contributed by atoms with E-state index in [0.29, 0.717) is 11.3 Å². The third-order valence-electron chi connectivity index (χ3n) is 3.79. The molecule has 1 amide bonds. The van der Waals surface area contributed by atoms with E-state index in [0.717, 1.165) is 11.3 Å². The summed E-state index contributed by atoms with van der Waals surface area (Å²) in [7, 11) is 0. The van der Waals surface area contributed by atoms with E-state index in [4.69, 9.17) is 4.74 Å². The molecule has 1 atom stereocenters. The van der Waals surface area contributed by atoms with Crippen LogP contribution in [-0.2, 0) is 10.2 Å². The number of H-pyrrole nitrogens is 1. The van der Waals surface area contributed by atoms with Gasteiger partial charge in [0.25, 0.3) is 5.56 Å². The highest BCUT2D eigenvalue weighted by Gasteiger charge is 2.51. The van der Waals surface area contributed by atoms with Gasteiger partial charge in [-0.25, -0.2) is 0 Å². The third-order valence-corrected chi connectivity index (χ3v) is 3.79. The summed E-state index contributed by atoms with van der Waals surface area (Å²) in [6, 6.07) is 9.01. The van der Waals surface area contributed by atoms with E-state index in [1.165, 1.54) is 12.5 Å². The SMILES string of the molecule is O=C1Nc2ccccc2C12C=COc1cc[nH]c(=O)c12. The molecule has 2 aliphatic rings. The molecular formula is C15H10N2O3. The Kier molecular flexibility index (Phi) is 1.99. The molecule has 1 aromatic carbocycles. The average molecular weight is 266 g/mol. The zero-order chi connectivity index (χ0) is 13.7. The second kappa shape index (κ2) is 3.60. The summed E-state index contributed by atoms with van der Waals surface area (Å²) >= 11 is 0. The monoisotopic (exact) mass is 266 g/mol. The minimum atomic E-state index is -1.11. The minimum absolute atomic E-state index is 0.240. The number of amides is 1. The smallest absolute Gasteiger partial charge is 0.256 e. The zero-order valence-corrected chi connectivity index (χ0v) is 10.3. The molecule has 4 rings (SSSR count). The van der Waals surface area contributed by atoms with Gasteiger partial charge in [-0.2, -0.15) is 0 Å². The van der Waals surface area contributed by atoms with Gasteiger partial charge in [0.1, 0.15) is 11.2 Å². The zero-order valence-electron chi connectivity index (χ0n) is 10.3. The van der Waals surface area contributed by atoms with Crippen molar-refractivity contribution in [2.24, 2.45) is 0 Å². The maximum atomic E-state index is 12.6. The number of ether oxygens (including phenoxy) is 1. The van der Waals surface area contributed by atoms with Crippen LogP contribution in [0.25, 0.3) is 0 Å². The molecule has 1 unspecified atom stereocenters. The molecule has 2 aromatic rings. The summed E-state index contributed by atoms with van der Waals surface area (Å²) in [6.45, 7) is 0. The summed E-state index contributed by atoms with van der Waals surface area (Å²) < 4.78 is 5.37. The number of para-hydroxylation sites is 1. The van der Waals surface area contributed by atoms with Crippen LogP contribution in [0.3, 0.4) is 0 Å². The maximum Gasteiger partial charge on any atom is 0.256 e. The Hall–Kier alpha value is -2.82. The number of aromatic amines is 1. The number of anilines is 1. The van der Waals surface area contributed by atoms with Gasteiger partial charge in [0.15, 0.2) is 0 Å². The quantitative estimate of drug-likeness (QED) is 0.759. The number of nitrogens with one attached hydrogen (secondary N) is 2. The van der Waals surface area contributed by atoms with Crippen molar-refractivity contribution in [1.29, 1.82) is 0 Å². The molecular weight excluding hydrogens is 256 g/mol. The maximum absolute atomic E-state index is 12.6. The van der Waals surface area contributed by atoms with Gasteiger partial charge in [-0.15, -0.1) is 0 Å². The normalized spacial score (nSPS) is 22.1. The predicted molar refractivity (Wildman–Crippen MR) is 72.7 cm³/mol. The molecule has 20 heavy (non-hydrogen) atoms. The lowest BCUT2D eigenvalue weighted by atomic mass is 9.75. The Labute approximate surface area is 113 Å². The Morgan fingerprint density at radius 3 is 2.85 bits per heavy atom. The van der Waals surface area contributed by atoms with Crippen LogP contribution in [0.5, 0.6) is 5.75 Å².